The number of rotatable bonds is 7. The fourth-order valence-corrected chi connectivity index (χ4v) is 4.38. The van der Waals surface area contributed by atoms with Crippen molar-refractivity contribution in [3.63, 3.8) is 0 Å². The van der Waals surface area contributed by atoms with Crippen LogP contribution in [0.2, 0.25) is 0 Å². The molecular formula is C28H26FN5O3. The quantitative estimate of drug-likeness (QED) is 0.284. The summed E-state index contributed by atoms with van der Waals surface area (Å²) in [4.78, 5) is 20.7. The number of fused-ring (bicyclic) bond motifs is 1. The highest BCUT2D eigenvalue weighted by Crippen LogP contribution is 2.33. The van der Waals surface area contributed by atoms with Gasteiger partial charge in [-0.1, -0.05) is 30.8 Å². The number of nitrogens with zero attached hydrogens (tertiary/aromatic N) is 2. The predicted octanol–water partition coefficient (Wildman–Crippen LogP) is 4.11. The molecule has 37 heavy (non-hydrogen) atoms. The van der Waals surface area contributed by atoms with Crippen molar-refractivity contribution in [1.82, 2.24) is 15.3 Å². The standard InChI is InChI=1S/C28H26FN5O3/c1-2-24(36)32-22-5-3-4-18(14-22)25-23(29)11-6-19-15-31-27(34-26(19)25)33-21-9-7-20(8-10-21)28(17-35)16-30-12-13-37-28/h2-11,14-15,30,35H,1,12-13,16-17H2,(H,32,36)(H,31,33,34)/t28-/m0/s1. The Morgan fingerprint density at radius 3 is 2.76 bits per heavy atom. The van der Waals surface area contributed by atoms with Gasteiger partial charge in [0.1, 0.15) is 11.4 Å². The second kappa shape index (κ2) is 10.4. The highest BCUT2D eigenvalue weighted by Gasteiger charge is 2.34. The minimum absolute atomic E-state index is 0.132. The molecule has 8 nitrogen and oxygen atoms in total. The van der Waals surface area contributed by atoms with Crippen LogP contribution in [0.25, 0.3) is 22.0 Å². The van der Waals surface area contributed by atoms with Gasteiger partial charge in [0.05, 0.1) is 18.7 Å². The molecule has 0 spiro atoms. The molecule has 9 heteroatoms. The number of amides is 1. The number of hydrogen-bond donors (Lipinski definition) is 4. The fourth-order valence-electron chi connectivity index (χ4n) is 4.38. The van der Waals surface area contributed by atoms with Gasteiger partial charge in [0, 0.05) is 41.6 Å². The number of halogens is 1. The largest absolute Gasteiger partial charge is 0.393 e. The Kier molecular flexibility index (Phi) is 6.91. The van der Waals surface area contributed by atoms with Gasteiger partial charge in [-0.2, -0.15) is 0 Å². The van der Waals surface area contributed by atoms with Gasteiger partial charge in [-0.15, -0.1) is 0 Å². The molecule has 4 N–H and O–H groups in total. The first-order chi connectivity index (χ1) is 18.0. The summed E-state index contributed by atoms with van der Waals surface area (Å²) < 4.78 is 21.0. The summed E-state index contributed by atoms with van der Waals surface area (Å²) in [5, 5.41) is 19.8. The van der Waals surface area contributed by atoms with Crippen LogP contribution in [0, 0.1) is 5.82 Å². The van der Waals surface area contributed by atoms with Crippen molar-refractivity contribution in [2.24, 2.45) is 0 Å². The maximum atomic E-state index is 15.1. The summed E-state index contributed by atoms with van der Waals surface area (Å²) in [7, 11) is 0. The second-order valence-electron chi connectivity index (χ2n) is 8.71. The molecule has 0 unspecified atom stereocenters. The Bertz CT molecular complexity index is 1450. The maximum Gasteiger partial charge on any atom is 0.247 e. The zero-order chi connectivity index (χ0) is 25.8. The van der Waals surface area contributed by atoms with Gasteiger partial charge in [-0.05, 0) is 53.6 Å². The summed E-state index contributed by atoms with van der Waals surface area (Å²) in [5.41, 5.74) is 2.63. The Morgan fingerprint density at radius 1 is 1.19 bits per heavy atom. The zero-order valence-corrected chi connectivity index (χ0v) is 20.0. The van der Waals surface area contributed by atoms with Crippen molar-refractivity contribution in [2.75, 3.05) is 36.9 Å². The molecule has 4 aromatic rings. The van der Waals surface area contributed by atoms with E-state index in [4.69, 9.17) is 4.74 Å². The molecule has 3 aromatic carbocycles. The number of carbonyl (C=O) groups is 1. The Morgan fingerprint density at radius 2 is 2.03 bits per heavy atom. The summed E-state index contributed by atoms with van der Waals surface area (Å²) in [6.07, 6.45) is 2.80. The molecule has 1 aliphatic rings. The number of hydrogen-bond acceptors (Lipinski definition) is 7. The van der Waals surface area contributed by atoms with Gasteiger partial charge < -0.3 is 25.8 Å². The molecule has 1 aliphatic heterocycles. The van der Waals surface area contributed by atoms with Crippen LogP contribution in [0.15, 0.2) is 79.5 Å². The predicted molar refractivity (Wildman–Crippen MR) is 141 cm³/mol. The van der Waals surface area contributed by atoms with E-state index in [-0.39, 0.29) is 12.5 Å². The number of aromatic nitrogens is 2. The molecule has 1 saturated heterocycles. The first-order valence-electron chi connectivity index (χ1n) is 11.8. The number of carbonyl (C=O) groups excluding carboxylic acids is 1. The van der Waals surface area contributed by atoms with Crippen molar-refractivity contribution >= 4 is 34.1 Å². The summed E-state index contributed by atoms with van der Waals surface area (Å²) in [5.74, 6) is -0.494. The molecule has 1 aromatic heterocycles. The third-order valence-corrected chi connectivity index (χ3v) is 6.30. The van der Waals surface area contributed by atoms with Crippen LogP contribution in [-0.2, 0) is 15.1 Å². The fraction of sp³-hybridized carbons (Fsp3) is 0.179. The van der Waals surface area contributed by atoms with Gasteiger partial charge in [-0.3, -0.25) is 4.79 Å². The van der Waals surface area contributed by atoms with E-state index < -0.39 is 11.4 Å². The average molecular weight is 500 g/mol. The number of aliphatic hydroxyl groups is 1. The van der Waals surface area contributed by atoms with E-state index in [1.165, 1.54) is 12.1 Å². The summed E-state index contributed by atoms with van der Waals surface area (Å²) >= 11 is 0. The topological polar surface area (TPSA) is 108 Å². The molecule has 5 rings (SSSR count). The van der Waals surface area contributed by atoms with E-state index >= 15 is 4.39 Å². The molecule has 1 fully saturated rings. The minimum Gasteiger partial charge on any atom is -0.393 e. The summed E-state index contributed by atoms with van der Waals surface area (Å²) in [6, 6.07) is 17.4. The molecular weight excluding hydrogens is 473 g/mol. The van der Waals surface area contributed by atoms with Crippen LogP contribution in [0.3, 0.4) is 0 Å². The van der Waals surface area contributed by atoms with E-state index in [9.17, 15) is 9.90 Å². The second-order valence-corrected chi connectivity index (χ2v) is 8.71. The van der Waals surface area contributed by atoms with Crippen LogP contribution in [0.4, 0.5) is 21.7 Å². The first-order valence-corrected chi connectivity index (χ1v) is 11.8. The molecule has 2 heterocycles. The lowest BCUT2D eigenvalue weighted by Crippen LogP contribution is -2.49. The third kappa shape index (κ3) is 5.05. The van der Waals surface area contributed by atoms with Gasteiger partial charge in [0.15, 0.2) is 0 Å². The third-order valence-electron chi connectivity index (χ3n) is 6.30. The van der Waals surface area contributed by atoms with Crippen LogP contribution in [-0.4, -0.2) is 47.3 Å². The number of morpholine rings is 1. The van der Waals surface area contributed by atoms with E-state index in [1.807, 2.05) is 24.3 Å². The van der Waals surface area contributed by atoms with Crippen LogP contribution < -0.4 is 16.0 Å². The zero-order valence-electron chi connectivity index (χ0n) is 20.0. The first kappa shape index (κ1) is 24.5. The minimum atomic E-state index is -0.775. The normalized spacial score (nSPS) is 17.4. The van der Waals surface area contributed by atoms with Gasteiger partial charge in [0.25, 0.3) is 0 Å². The smallest absolute Gasteiger partial charge is 0.247 e. The van der Waals surface area contributed by atoms with Crippen molar-refractivity contribution < 1.29 is 19.0 Å². The van der Waals surface area contributed by atoms with E-state index in [2.05, 4.69) is 32.5 Å². The van der Waals surface area contributed by atoms with Crippen molar-refractivity contribution in [2.45, 2.75) is 5.60 Å². The number of anilines is 3. The molecule has 0 radical (unpaired) electrons. The number of aliphatic hydroxyl groups excluding tert-OH is 1. The van der Waals surface area contributed by atoms with Crippen LogP contribution >= 0.6 is 0 Å². The van der Waals surface area contributed by atoms with Crippen molar-refractivity contribution in [3.05, 3.63) is 90.9 Å². The maximum absolute atomic E-state index is 15.1. The molecule has 0 aliphatic carbocycles. The van der Waals surface area contributed by atoms with Crippen LogP contribution in [0.1, 0.15) is 5.56 Å². The lowest BCUT2D eigenvalue weighted by Gasteiger charge is -2.36. The van der Waals surface area contributed by atoms with Gasteiger partial charge >= 0.3 is 0 Å². The molecule has 0 saturated carbocycles. The van der Waals surface area contributed by atoms with E-state index in [1.54, 1.807) is 36.5 Å². The van der Waals surface area contributed by atoms with Gasteiger partial charge in [-0.25, -0.2) is 14.4 Å². The van der Waals surface area contributed by atoms with Crippen molar-refractivity contribution in [1.29, 1.82) is 0 Å². The average Bonchev–Trinajstić information content (AvgIpc) is 2.93. The van der Waals surface area contributed by atoms with Crippen molar-refractivity contribution in [3.8, 4) is 11.1 Å². The highest BCUT2D eigenvalue weighted by atomic mass is 19.1. The lowest BCUT2D eigenvalue weighted by atomic mass is 9.93. The summed E-state index contributed by atoms with van der Waals surface area (Å²) in [6.45, 7) is 5.12. The molecule has 0 bridgehead atoms. The van der Waals surface area contributed by atoms with Gasteiger partial charge in [0.2, 0.25) is 11.9 Å². The molecule has 188 valence electrons. The Balaban J connectivity index is 1.46. The van der Waals surface area contributed by atoms with Crippen LogP contribution in [0.5, 0.6) is 0 Å². The monoisotopic (exact) mass is 499 g/mol. The number of ether oxygens (including phenoxy) is 1. The molecule has 1 amide bonds. The Hall–Kier alpha value is -4.18. The highest BCUT2D eigenvalue weighted by molar-refractivity contribution is 6.00. The van der Waals surface area contributed by atoms with E-state index in [0.29, 0.717) is 46.8 Å². The SMILES string of the molecule is C=CC(=O)Nc1cccc(-c2c(F)ccc3cnc(Nc4ccc([C@@]5(CO)CNCCO5)cc4)nc23)c1. The number of nitrogens with one attached hydrogen (secondary N) is 3. The van der Waals surface area contributed by atoms with E-state index in [0.717, 1.165) is 17.8 Å². The Labute approximate surface area is 213 Å². The lowest BCUT2D eigenvalue weighted by molar-refractivity contribution is -0.111. The number of benzene rings is 3. The molecule has 1 atom stereocenters.